The fourth-order valence-corrected chi connectivity index (χ4v) is 5.82. The number of aromatic amines is 1. The van der Waals surface area contributed by atoms with E-state index in [2.05, 4.69) is 21.7 Å². The number of methoxy groups -OCH3 is 1. The second-order valence-electron chi connectivity index (χ2n) is 11.5. The molecule has 1 heterocycles. The Morgan fingerprint density at radius 1 is 0.848 bits per heavy atom. The van der Waals surface area contributed by atoms with Crippen LogP contribution in [0.3, 0.4) is 0 Å². The summed E-state index contributed by atoms with van der Waals surface area (Å²) in [7, 11) is 1.64. The molecule has 46 heavy (non-hydrogen) atoms. The lowest BCUT2D eigenvalue weighted by atomic mass is 9.94. The standard InChI is InChI=1S/C37H40N4O5/c1-46-31-17-16-27-20-26(14-15-28(27)21-31)10-7-11-29(23-35(42)41-45)36(43)40-34(22-30-24-39-33-13-6-5-12-32(30)33)37(44)38-19-18-25-8-3-2-4-9-25/h2-6,8-9,12-17,20-21,24,29,34,39,45H,7,10-11,18-19,22-23H2,1H3,(H,38,44)(H,40,43)(H,41,42)/t29-,34+/m0/s1. The maximum Gasteiger partial charge on any atom is 0.244 e. The van der Waals surface area contributed by atoms with Crippen LogP contribution >= 0.6 is 0 Å². The summed E-state index contributed by atoms with van der Waals surface area (Å²) in [5.74, 6) is -1.30. The van der Waals surface area contributed by atoms with Gasteiger partial charge >= 0.3 is 0 Å². The molecule has 1 aromatic heterocycles. The average molecular weight is 621 g/mol. The molecule has 0 saturated carbocycles. The quantitative estimate of drug-likeness (QED) is 0.0806. The normalized spacial score (nSPS) is 12.4. The number of carbonyl (C=O) groups excluding carboxylic acids is 3. The molecule has 0 aliphatic heterocycles. The Morgan fingerprint density at radius 2 is 1.61 bits per heavy atom. The SMILES string of the molecule is COc1ccc2cc(CCC[C@@H](CC(=O)NO)C(=O)N[C@H](Cc3c[nH]c4ccccc34)C(=O)NCCc3ccccc3)ccc2c1. The highest BCUT2D eigenvalue weighted by Crippen LogP contribution is 2.24. The van der Waals surface area contributed by atoms with Crippen molar-refractivity contribution in [1.29, 1.82) is 0 Å². The van der Waals surface area contributed by atoms with E-state index in [1.807, 2.05) is 91.1 Å². The maximum atomic E-state index is 13.7. The van der Waals surface area contributed by atoms with Crippen LogP contribution in [0, 0.1) is 5.92 Å². The molecule has 5 N–H and O–H groups in total. The molecule has 0 spiro atoms. The summed E-state index contributed by atoms with van der Waals surface area (Å²) < 4.78 is 5.32. The summed E-state index contributed by atoms with van der Waals surface area (Å²) in [6, 6.07) is 28.9. The first kappa shape index (κ1) is 32.2. The number of rotatable bonds is 15. The second-order valence-corrected chi connectivity index (χ2v) is 11.5. The van der Waals surface area contributed by atoms with Crippen molar-refractivity contribution in [2.75, 3.05) is 13.7 Å². The molecule has 9 nitrogen and oxygen atoms in total. The molecule has 0 radical (unpaired) electrons. The topological polar surface area (TPSA) is 133 Å². The van der Waals surface area contributed by atoms with E-state index in [1.165, 1.54) is 0 Å². The van der Waals surface area contributed by atoms with E-state index in [0.29, 0.717) is 32.2 Å². The van der Waals surface area contributed by atoms with Crippen molar-refractivity contribution < 1.29 is 24.3 Å². The summed E-state index contributed by atoms with van der Waals surface area (Å²) >= 11 is 0. The number of hydrogen-bond donors (Lipinski definition) is 5. The van der Waals surface area contributed by atoms with E-state index in [9.17, 15) is 19.6 Å². The van der Waals surface area contributed by atoms with E-state index in [4.69, 9.17) is 4.74 Å². The van der Waals surface area contributed by atoms with Crippen molar-refractivity contribution in [2.45, 2.75) is 44.6 Å². The molecule has 0 fully saturated rings. The molecule has 0 aliphatic carbocycles. The Labute approximate surface area is 268 Å². The van der Waals surface area contributed by atoms with E-state index in [0.717, 1.165) is 44.1 Å². The minimum Gasteiger partial charge on any atom is -0.497 e. The van der Waals surface area contributed by atoms with Crippen molar-refractivity contribution in [3.8, 4) is 5.75 Å². The third kappa shape index (κ3) is 8.51. The Kier molecular flexibility index (Phi) is 11.0. The second kappa shape index (κ2) is 15.7. The van der Waals surface area contributed by atoms with Gasteiger partial charge in [0.1, 0.15) is 11.8 Å². The molecule has 4 aromatic carbocycles. The van der Waals surface area contributed by atoms with Gasteiger partial charge in [-0.15, -0.1) is 0 Å². The number of hydroxylamine groups is 1. The highest BCUT2D eigenvalue weighted by molar-refractivity contribution is 5.92. The molecular weight excluding hydrogens is 580 g/mol. The van der Waals surface area contributed by atoms with Gasteiger partial charge in [0.15, 0.2) is 0 Å². The van der Waals surface area contributed by atoms with Crippen LogP contribution in [0.2, 0.25) is 0 Å². The fourth-order valence-electron chi connectivity index (χ4n) is 5.82. The first-order chi connectivity index (χ1) is 22.4. The predicted octanol–water partition coefficient (Wildman–Crippen LogP) is 5.25. The zero-order valence-electron chi connectivity index (χ0n) is 25.9. The molecule has 0 saturated heterocycles. The number of amides is 3. The smallest absolute Gasteiger partial charge is 0.244 e. The molecule has 9 heteroatoms. The number of H-pyrrole nitrogens is 1. The van der Waals surface area contributed by atoms with Gasteiger partial charge in [0.2, 0.25) is 17.7 Å². The summed E-state index contributed by atoms with van der Waals surface area (Å²) in [5.41, 5.74) is 5.70. The monoisotopic (exact) mass is 620 g/mol. The van der Waals surface area contributed by atoms with Gasteiger partial charge in [-0.2, -0.15) is 0 Å². The Morgan fingerprint density at radius 3 is 2.41 bits per heavy atom. The largest absolute Gasteiger partial charge is 0.497 e. The van der Waals surface area contributed by atoms with Gasteiger partial charge in [-0.05, 0) is 71.3 Å². The van der Waals surface area contributed by atoms with Gasteiger partial charge in [-0.3, -0.25) is 19.6 Å². The van der Waals surface area contributed by atoms with Gasteiger partial charge in [-0.25, -0.2) is 5.48 Å². The Bertz CT molecular complexity index is 1790. The van der Waals surface area contributed by atoms with Crippen LogP contribution in [0.5, 0.6) is 5.75 Å². The first-order valence-corrected chi connectivity index (χ1v) is 15.6. The third-order valence-electron chi connectivity index (χ3n) is 8.34. The molecule has 5 rings (SSSR count). The average Bonchev–Trinajstić information content (AvgIpc) is 3.50. The van der Waals surface area contributed by atoms with Crippen LogP contribution in [-0.2, 0) is 33.6 Å². The lowest BCUT2D eigenvalue weighted by molar-refractivity contribution is -0.136. The molecule has 5 aromatic rings. The first-order valence-electron chi connectivity index (χ1n) is 15.6. The minimum atomic E-state index is -0.861. The zero-order valence-corrected chi connectivity index (χ0v) is 25.9. The van der Waals surface area contributed by atoms with Gasteiger partial charge < -0.3 is 20.4 Å². The number of aromatic nitrogens is 1. The van der Waals surface area contributed by atoms with E-state index in [1.54, 1.807) is 12.6 Å². The van der Waals surface area contributed by atoms with E-state index < -0.39 is 23.8 Å². The van der Waals surface area contributed by atoms with Crippen LogP contribution in [0.4, 0.5) is 0 Å². The number of benzene rings is 4. The lowest BCUT2D eigenvalue weighted by Gasteiger charge is -2.22. The number of fused-ring (bicyclic) bond motifs is 2. The number of aryl methyl sites for hydroxylation is 1. The van der Waals surface area contributed by atoms with Crippen molar-refractivity contribution in [2.24, 2.45) is 5.92 Å². The van der Waals surface area contributed by atoms with E-state index in [-0.39, 0.29) is 18.7 Å². The van der Waals surface area contributed by atoms with Crippen LogP contribution < -0.4 is 20.9 Å². The lowest BCUT2D eigenvalue weighted by Crippen LogP contribution is -2.50. The Hall–Kier alpha value is -5.15. The summed E-state index contributed by atoms with van der Waals surface area (Å²) in [6.07, 6.45) is 4.32. The molecule has 2 atom stereocenters. The number of carbonyl (C=O) groups is 3. The van der Waals surface area contributed by atoms with E-state index >= 15 is 0 Å². The van der Waals surface area contributed by atoms with Crippen LogP contribution in [0.1, 0.15) is 36.0 Å². The maximum absolute atomic E-state index is 13.7. The molecule has 0 unspecified atom stereocenters. The minimum absolute atomic E-state index is 0.199. The molecule has 238 valence electrons. The zero-order chi connectivity index (χ0) is 32.3. The van der Waals surface area contributed by atoms with Crippen LogP contribution in [0.15, 0.2) is 97.2 Å². The third-order valence-corrected chi connectivity index (χ3v) is 8.34. The number of hydrogen-bond acceptors (Lipinski definition) is 5. The number of nitrogens with one attached hydrogen (secondary N) is 4. The summed E-state index contributed by atoms with van der Waals surface area (Å²) in [5, 5.41) is 18.3. The van der Waals surface area contributed by atoms with Crippen LogP contribution in [-0.4, -0.2) is 47.6 Å². The van der Waals surface area contributed by atoms with Crippen molar-refractivity contribution in [1.82, 2.24) is 21.1 Å². The predicted molar refractivity (Wildman–Crippen MR) is 179 cm³/mol. The number of para-hydroxylation sites is 1. The summed E-state index contributed by atoms with van der Waals surface area (Å²) in [4.78, 5) is 42.7. The van der Waals surface area contributed by atoms with Crippen LogP contribution in [0.25, 0.3) is 21.7 Å². The number of ether oxygens (including phenoxy) is 1. The van der Waals surface area contributed by atoms with Crippen molar-refractivity contribution in [3.05, 3.63) is 114 Å². The molecular formula is C37H40N4O5. The molecule has 0 aliphatic rings. The molecule has 3 amide bonds. The highest BCUT2D eigenvalue weighted by atomic mass is 16.5. The van der Waals surface area contributed by atoms with Gasteiger partial charge in [-0.1, -0.05) is 72.8 Å². The van der Waals surface area contributed by atoms with Gasteiger partial charge in [0.25, 0.3) is 0 Å². The fraction of sp³-hybridized carbons (Fsp3) is 0.270. The van der Waals surface area contributed by atoms with Gasteiger partial charge in [0.05, 0.1) is 7.11 Å². The van der Waals surface area contributed by atoms with Crippen molar-refractivity contribution in [3.63, 3.8) is 0 Å². The van der Waals surface area contributed by atoms with Crippen molar-refractivity contribution >= 4 is 39.4 Å². The highest BCUT2D eigenvalue weighted by Gasteiger charge is 2.28. The molecule has 0 bridgehead atoms. The van der Waals surface area contributed by atoms with Gasteiger partial charge in [0, 0.05) is 42.4 Å². The summed E-state index contributed by atoms with van der Waals surface area (Å²) in [6.45, 7) is 0.415. The Balaban J connectivity index is 1.27.